The van der Waals surface area contributed by atoms with Crippen LogP contribution in [0.2, 0.25) is 0 Å². The van der Waals surface area contributed by atoms with Gasteiger partial charge in [-0.2, -0.15) is 5.10 Å². The standard InChI is InChI=1S/C14H10F2N2O2/c15-12-2-1-3-13(16)11(12)8-17-18-10-6-4-9(5-7-10)14(19)20/h1-8,18H,(H,19,20)/b17-8-. The van der Waals surface area contributed by atoms with E-state index < -0.39 is 17.6 Å². The molecule has 0 unspecified atom stereocenters. The van der Waals surface area contributed by atoms with Gasteiger partial charge in [-0.05, 0) is 36.4 Å². The van der Waals surface area contributed by atoms with Crippen LogP contribution in [0, 0.1) is 11.6 Å². The third-order valence-electron chi connectivity index (χ3n) is 2.52. The summed E-state index contributed by atoms with van der Waals surface area (Å²) in [5, 5.41) is 12.4. The Morgan fingerprint density at radius 3 is 2.25 bits per heavy atom. The average molecular weight is 276 g/mol. The molecular weight excluding hydrogens is 266 g/mol. The van der Waals surface area contributed by atoms with Crippen molar-refractivity contribution in [2.75, 3.05) is 5.43 Å². The molecule has 0 saturated heterocycles. The highest BCUT2D eigenvalue weighted by molar-refractivity contribution is 5.88. The van der Waals surface area contributed by atoms with E-state index in [1.807, 2.05) is 0 Å². The molecule has 2 aromatic rings. The lowest BCUT2D eigenvalue weighted by Gasteiger charge is -2.01. The summed E-state index contributed by atoms with van der Waals surface area (Å²) in [4.78, 5) is 10.7. The van der Waals surface area contributed by atoms with Crippen molar-refractivity contribution in [1.82, 2.24) is 0 Å². The monoisotopic (exact) mass is 276 g/mol. The minimum absolute atomic E-state index is 0.139. The largest absolute Gasteiger partial charge is 0.478 e. The molecule has 0 radical (unpaired) electrons. The maximum atomic E-state index is 13.3. The van der Waals surface area contributed by atoms with Crippen molar-refractivity contribution in [2.24, 2.45) is 5.10 Å². The van der Waals surface area contributed by atoms with Gasteiger partial charge in [0.15, 0.2) is 0 Å². The molecule has 0 fully saturated rings. The number of rotatable bonds is 4. The number of benzene rings is 2. The van der Waals surface area contributed by atoms with Crippen LogP contribution in [0.25, 0.3) is 0 Å². The van der Waals surface area contributed by atoms with Crippen molar-refractivity contribution in [3.05, 3.63) is 65.2 Å². The molecule has 2 aromatic carbocycles. The Morgan fingerprint density at radius 1 is 1.10 bits per heavy atom. The van der Waals surface area contributed by atoms with Crippen LogP contribution in [0.3, 0.4) is 0 Å². The van der Waals surface area contributed by atoms with Gasteiger partial charge in [0.1, 0.15) is 11.6 Å². The Bertz CT molecular complexity index is 634. The minimum Gasteiger partial charge on any atom is -0.478 e. The third-order valence-corrected chi connectivity index (χ3v) is 2.52. The predicted molar refractivity (Wildman–Crippen MR) is 71.0 cm³/mol. The van der Waals surface area contributed by atoms with Gasteiger partial charge >= 0.3 is 5.97 Å². The van der Waals surface area contributed by atoms with E-state index in [2.05, 4.69) is 10.5 Å². The van der Waals surface area contributed by atoms with Crippen molar-refractivity contribution in [3.63, 3.8) is 0 Å². The van der Waals surface area contributed by atoms with E-state index in [0.29, 0.717) is 5.69 Å². The van der Waals surface area contributed by atoms with Crippen LogP contribution in [0.4, 0.5) is 14.5 Å². The van der Waals surface area contributed by atoms with Crippen LogP contribution in [0.1, 0.15) is 15.9 Å². The second-order valence-corrected chi connectivity index (χ2v) is 3.89. The van der Waals surface area contributed by atoms with Gasteiger partial charge in [0.25, 0.3) is 0 Å². The van der Waals surface area contributed by atoms with Crippen molar-refractivity contribution < 1.29 is 18.7 Å². The highest BCUT2D eigenvalue weighted by Crippen LogP contribution is 2.11. The molecule has 6 heteroatoms. The third kappa shape index (κ3) is 3.17. The molecule has 0 atom stereocenters. The Balaban J connectivity index is 2.08. The quantitative estimate of drug-likeness (QED) is 0.666. The van der Waals surface area contributed by atoms with Crippen molar-refractivity contribution in [3.8, 4) is 0 Å². The second kappa shape index (κ2) is 5.92. The zero-order valence-electron chi connectivity index (χ0n) is 10.2. The van der Waals surface area contributed by atoms with Gasteiger partial charge in [-0.3, -0.25) is 5.43 Å². The van der Waals surface area contributed by atoms with Crippen LogP contribution in [-0.4, -0.2) is 17.3 Å². The highest BCUT2D eigenvalue weighted by Gasteiger charge is 2.05. The van der Waals surface area contributed by atoms with E-state index >= 15 is 0 Å². The molecule has 0 aliphatic heterocycles. The van der Waals surface area contributed by atoms with Gasteiger partial charge in [0.2, 0.25) is 0 Å². The first-order chi connectivity index (χ1) is 9.58. The fourth-order valence-corrected chi connectivity index (χ4v) is 1.49. The summed E-state index contributed by atoms with van der Waals surface area (Å²) in [6.07, 6.45) is 1.02. The minimum atomic E-state index is -1.03. The lowest BCUT2D eigenvalue weighted by Crippen LogP contribution is -1.98. The number of carboxylic acid groups (broad SMARTS) is 1. The molecule has 4 nitrogen and oxygen atoms in total. The second-order valence-electron chi connectivity index (χ2n) is 3.89. The summed E-state index contributed by atoms with van der Waals surface area (Å²) in [7, 11) is 0. The molecule has 0 aromatic heterocycles. The van der Waals surface area contributed by atoms with Crippen molar-refractivity contribution in [1.29, 1.82) is 0 Å². The first kappa shape index (κ1) is 13.7. The SMILES string of the molecule is O=C(O)c1ccc(N/N=C\c2c(F)cccc2F)cc1. The van der Waals surface area contributed by atoms with E-state index in [-0.39, 0.29) is 11.1 Å². The number of aromatic carboxylic acids is 1. The molecule has 0 bridgehead atoms. The van der Waals surface area contributed by atoms with E-state index in [1.54, 1.807) is 0 Å². The Labute approximate surface area is 113 Å². The molecule has 2 N–H and O–H groups in total. The van der Waals surface area contributed by atoms with E-state index in [1.165, 1.54) is 30.3 Å². The topological polar surface area (TPSA) is 61.7 Å². The van der Waals surface area contributed by atoms with Crippen LogP contribution in [0.15, 0.2) is 47.6 Å². The number of hydrazone groups is 1. The molecule has 102 valence electrons. The first-order valence-electron chi connectivity index (χ1n) is 5.64. The summed E-state index contributed by atoms with van der Waals surface area (Å²) < 4.78 is 26.6. The Kier molecular flexibility index (Phi) is 4.05. The van der Waals surface area contributed by atoms with Gasteiger partial charge in [0.05, 0.1) is 23.0 Å². The number of hydrogen-bond acceptors (Lipinski definition) is 3. The number of nitrogens with one attached hydrogen (secondary N) is 1. The van der Waals surface area contributed by atoms with Crippen LogP contribution in [0.5, 0.6) is 0 Å². The van der Waals surface area contributed by atoms with Gasteiger partial charge in [-0.15, -0.1) is 0 Å². The van der Waals surface area contributed by atoms with Crippen LogP contribution in [-0.2, 0) is 0 Å². The maximum absolute atomic E-state index is 13.3. The average Bonchev–Trinajstić information content (AvgIpc) is 2.42. The van der Waals surface area contributed by atoms with Crippen molar-refractivity contribution in [2.45, 2.75) is 0 Å². The first-order valence-corrected chi connectivity index (χ1v) is 5.64. The Hall–Kier alpha value is -2.76. The zero-order chi connectivity index (χ0) is 14.5. The zero-order valence-corrected chi connectivity index (χ0v) is 10.2. The van der Waals surface area contributed by atoms with Gasteiger partial charge in [-0.1, -0.05) is 6.07 Å². The summed E-state index contributed by atoms with van der Waals surface area (Å²) in [6, 6.07) is 9.31. The number of halogens is 2. The number of anilines is 1. The summed E-state index contributed by atoms with van der Waals surface area (Å²) >= 11 is 0. The normalized spacial score (nSPS) is 10.7. The fraction of sp³-hybridized carbons (Fsp3) is 0. The van der Waals surface area contributed by atoms with Gasteiger partial charge in [0, 0.05) is 0 Å². The van der Waals surface area contributed by atoms with Gasteiger partial charge in [-0.25, -0.2) is 13.6 Å². The maximum Gasteiger partial charge on any atom is 0.335 e. The van der Waals surface area contributed by atoms with Crippen molar-refractivity contribution >= 4 is 17.9 Å². The van der Waals surface area contributed by atoms with E-state index in [4.69, 9.17) is 5.11 Å². The molecule has 0 spiro atoms. The summed E-state index contributed by atoms with van der Waals surface area (Å²) in [6.45, 7) is 0. The lowest BCUT2D eigenvalue weighted by atomic mass is 10.2. The number of carboxylic acids is 1. The molecule has 20 heavy (non-hydrogen) atoms. The number of hydrogen-bond donors (Lipinski definition) is 2. The number of nitrogens with zero attached hydrogens (tertiary/aromatic N) is 1. The fourth-order valence-electron chi connectivity index (χ4n) is 1.49. The smallest absolute Gasteiger partial charge is 0.335 e. The van der Waals surface area contributed by atoms with E-state index in [0.717, 1.165) is 18.3 Å². The number of carbonyl (C=O) groups is 1. The predicted octanol–water partition coefficient (Wildman–Crippen LogP) is 3.11. The highest BCUT2D eigenvalue weighted by atomic mass is 19.1. The van der Waals surface area contributed by atoms with Gasteiger partial charge < -0.3 is 5.11 Å². The molecule has 0 amide bonds. The summed E-state index contributed by atoms with van der Waals surface area (Å²) in [5.74, 6) is -2.46. The van der Waals surface area contributed by atoms with Crippen LogP contribution < -0.4 is 5.43 Å². The van der Waals surface area contributed by atoms with E-state index in [9.17, 15) is 13.6 Å². The molecule has 2 rings (SSSR count). The molecule has 0 saturated carbocycles. The lowest BCUT2D eigenvalue weighted by molar-refractivity contribution is 0.0697. The Morgan fingerprint density at radius 2 is 1.70 bits per heavy atom. The summed E-state index contributed by atoms with van der Waals surface area (Å²) in [5.41, 5.74) is 2.95. The molecule has 0 heterocycles. The molecular formula is C14H10F2N2O2. The van der Waals surface area contributed by atoms with Crippen LogP contribution >= 0.6 is 0 Å². The molecule has 0 aliphatic rings. The molecule has 0 aliphatic carbocycles.